The van der Waals surface area contributed by atoms with Crippen molar-refractivity contribution in [2.24, 2.45) is 10.1 Å². The van der Waals surface area contributed by atoms with Crippen LogP contribution >= 0.6 is 11.3 Å². The van der Waals surface area contributed by atoms with E-state index in [4.69, 9.17) is 4.74 Å². The first kappa shape index (κ1) is 19.5. The smallest absolute Gasteiger partial charge is 0.211 e. The Bertz CT molecular complexity index is 1080. The number of hydrogen-bond acceptors (Lipinski definition) is 5. The van der Waals surface area contributed by atoms with Gasteiger partial charge in [-0.1, -0.05) is 12.1 Å². The molecule has 1 aliphatic heterocycles. The SMILES string of the molecule is Cc1csc(=Nc2ccc(F)cc2F)n1N=Cc1ccc(N2CCOCC2)cc1. The lowest BCUT2D eigenvalue weighted by atomic mass is 10.2. The van der Waals surface area contributed by atoms with Gasteiger partial charge in [0.1, 0.15) is 11.5 Å². The van der Waals surface area contributed by atoms with Gasteiger partial charge in [-0.05, 0) is 36.8 Å². The quantitative estimate of drug-likeness (QED) is 0.604. The predicted octanol–water partition coefficient (Wildman–Crippen LogP) is 4.09. The van der Waals surface area contributed by atoms with Crippen molar-refractivity contribution >= 4 is 28.9 Å². The van der Waals surface area contributed by atoms with Gasteiger partial charge >= 0.3 is 0 Å². The molecule has 0 saturated carbocycles. The first-order valence-corrected chi connectivity index (χ1v) is 10.1. The Hall–Kier alpha value is -2.84. The van der Waals surface area contributed by atoms with Gasteiger partial charge in [0.2, 0.25) is 4.80 Å². The molecule has 1 saturated heterocycles. The molecule has 0 N–H and O–H groups in total. The lowest BCUT2D eigenvalue weighted by Crippen LogP contribution is -2.36. The third kappa shape index (κ3) is 4.60. The summed E-state index contributed by atoms with van der Waals surface area (Å²) in [5, 5.41) is 6.39. The van der Waals surface area contributed by atoms with Crippen molar-refractivity contribution in [1.82, 2.24) is 4.68 Å². The molecule has 1 aromatic heterocycles. The van der Waals surface area contributed by atoms with E-state index in [0.717, 1.165) is 49.3 Å². The van der Waals surface area contributed by atoms with Crippen molar-refractivity contribution in [3.63, 3.8) is 0 Å². The lowest BCUT2D eigenvalue weighted by Gasteiger charge is -2.28. The van der Waals surface area contributed by atoms with Gasteiger partial charge in [0, 0.05) is 30.2 Å². The van der Waals surface area contributed by atoms with E-state index < -0.39 is 11.6 Å². The van der Waals surface area contributed by atoms with Crippen LogP contribution in [0, 0.1) is 18.6 Å². The summed E-state index contributed by atoms with van der Waals surface area (Å²) < 4.78 is 34.1. The van der Waals surface area contributed by atoms with Crippen LogP contribution < -0.4 is 9.70 Å². The van der Waals surface area contributed by atoms with Gasteiger partial charge in [-0.2, -0.15) is 5.10 Å². The van der Waals surface area contributed by atoms with Gasteiger partial charge in [0.05, 0.1) is 25.1 Å². The fourth-order valence-electron chi connectivity index (χ4n) is 3.00. The van der Waals surface area contributed by atoms with Gasteiger partial charge < -0.3 is 9.64 Å². The van der Waals surface area contributed by atoms with Gasteiger partial charge in [0.25, 0.3) is 0 Å². The van der Waals surface area contributed by atoms with Crippen LogP contribution in [0.2, 0.25) is 0 Å². The molecule has 5 nitrogen and oxygen atoms in total. The highest BCUT2D eigenvalue weighted by molar-refractivity contribution is 7.07. The molecule has 0 unspecified atom stereocenters. The Balaban J connectivity index is 1.57. The number of benzene rings is 2. The second-order valence-electron chi connectivity index (χ2n) is 6.61. The maximum absolute atomic E-state index is 13.9. The normalized spacial score (nSPS) is 15.4. The number of aromatic nitrogens is 1. The summed E-state index contributed by atoms with van der Waals surface area (Å²) >= 11 is 1.34. The zero-order chi connectivity index (χ0) is 20.2. The van der Waals surface area contributed by atoms with Crippen LogP contribution in [-0.2, 0) is 4.74 Å². The van der Waals surface area contributed by atoms with Crippen LogP contribution in [0.1, 0.15) is 11.3 Å². The van der Waals surface area contributed by atoms with Gasteiger partial charge in [-0.3, -0.25) is 0 Å². The minimum Gasteiger partial charge on any atom is -0.378 e. The summed E-state index contributed by atoms with van der Waals surface area (Å²) in [6.07, 6.45) is 1.74. The van der Waals surface area contributed by atoms with Crippen LogP contribution in [-0.4, -0.2) is 37.2 Å². The Kier molecular flexibility index (Phi) is 5.82. The van der Waals surface area contributed by atoms with Crippen LogP contribution in [0.4, 0.5) is 20.2 Å². The third-order valence-electron chi connectivity index (χ3n) is 4.57. The van der Waals surface area contributed by atoms with Crippen LogP contribution in [0.25, 0.3) is 0 Å². The number of morpholine rings is 1. The number of nitrogens with zero attached hydrogens (tertiary/aromatic N) is 4. The Morgan fingerprint density at radius 2 is 1.83 bits per heavy atom. The molecule has 1 fully saturated rings. The van der Waals surface area contributed by atoms with E-state index in [-0.39, 0.29) is 5.69 Å². The average Bonchev–Trinajstić information content (AvgIpc) is 3.09. The largest absolute Gasteiger partial charge is 0.378 e. The molecule has 0 atom stereocenters. The third-order valence-corrected chi connectivity index (χ3v) is 5.50. The molecule has 0 spiro atoms. The van der Waals surface area contributed by atoms with E-state index >= 15 is 0 Å². The molecule has 8 heteroatoms. The monoisotopic (exact) mass is 414 g/mol. The molecular weight excluding hydrogens is 394 g/mol. The molecule has 0 radical (unpaired) electrons. The summed E-state index contributed by atoms with van der Waals surface area (Å²) in [6, 6.07) is 11.5. The Labute approximate surface area is 171 Å². The molecule has 4 rings (SSSR count). The zero-order valence-corrected chi connectivity index (χ0v) is 16.7. The van der Waals surface area contributed by atoms with E-state index in [2.05, 4.69) is 27.1 Å². The zero-order valence-electron chi connectivity index (χ0n) is 15.9. The molecule has 2 aromatic carbocycles. The summed E-state index contributed by atoms with van der Waals surface area (Å²) in [5.74, 6) is -1.33. The van der Waals surface area contributed by atoms with Crippen LogP contribution in [0.5, 0.6) is 0 Å². The Morgan fingerprint density at radius 1 is 1.07 bits per heavy atom. The maximum atomic E-state index is 13.9. The minimum absolute atomic E-state index is 0.0760. The number of thiazole rings is 1. The molecule has 3 aromatic rings. The first-order chi connectivity index (χ1) is 14.1. The van der Waals surface area contributed by atoms with Gasteiger partial charge in [-0.15, -0.1) is 11.3 Å². The first-order valence-electron chi connectivity index (χ1n) is 9.24. The van der Waals surface area contributed by atoms with E-state index in [1.807, 2.05) is 24.4 Å². The predicted molar refractivity (Wildman–Crippen MR) is 111 cm³/mol. The lowest BCUT2D eigenvalue weighted by molar-refractivity contribution is 0.122. The highest BCUT2D eigenvalue weighted by Crippen LogP contribution is 2.18. The van der Waals surface area contributed by atoms with Crippen molar-refractivity contribution < 1.29 is 13.5 Å². The fraction of sp³-hybridized carbons (Fsp3) is 0.238. The maximum Gasteiger partial charge on any atom is 0.211 e. The number of aryl methyl sites for hydroxylation is 1. The fourth-order valence-corrected chi connectivity index (χ4v) is 3.81. The molecular formula is C21H20F2N4OS. The highest BCUT2D eigenvalue weighted by Gasteiger charge is 2.10. The number of rotatable bonds is 4. The molecule has 0 amide bonds. The van der Waals surface area contributed by atoms with Crippen molar-refractivity contribution in [2.45, 2.75) is 6.92 Å². The second kappa shape index (κ2) is 8.67. The molecule has 29 heavy (non-hydrogen) atoms. The molecule has 1 aliphatic rings. The van der Waals surface area contributed by atoms with Gasteiger partial charge in [-0.25, -0.2) is 18.4 Å². The second-order valence-corrected chi connectivity index (χ2v) is 7.45. The van der Waals surface area contributed by atoms with Crippen molar-refractivity contribution in [3.05, 3.63) is 75.5 Å². The number of hydrogen-bond donors (Lipinski definition) is 0. The summed E-state index contributed by atoms with van der Waals surface area (Å²) in [4.78, 5) is 7.09. The van der Waals surface area contributed by atoms with E-state index in [1.165, 1.54) is 23.5 Å². The number of ether oxygens (including phenoxy) is 1. The molecule has 150 valence electrons. The number of halogens is 2. The standard InChI is InChI=1S/C21H20F2N4OS/c1-15-14-29-21(25-20-7-4-17(22)12-19(20)23)27(15)24-13-16-2-5-18(6-3-16)26-8-10-28-11-9-26/h2-7,12-14H,8-11H2,1H3. The molecule has 0 bridgehead atoms. The van der Waals surface area contributed by atoms with E-state index in [0.29, 0.717) is 4.80 Å². The summed E-state index contributed by atoms with van der Waals surface area (Å²) in [5.41, 5.74) is 3.05. The summed E-state index contributed by atoms with van der Waals surface area (Å²) in [7, 11) is 0. The Morgan fingerprint density at radius 3 is 2.55 bits per heavy atom. The van der Waals surface area contributed by atoms with E-state index in [9.17, 15) is 8.78 Å². The molecule has 0 aliphatic carbocycles. The minimum atomic E-state index is -0.703. The van der Waals surface area contributed by atoms with Crippen molar-refractivity contribution in [1.29, 1.82) is 0 Å². The number of anilines is 1. The van der Waals surface area contributed by atoms with Crippen molar-refractivity contribution in [3.8, 4) is 0 Å². The van der Waals surface area contributed by atoms with Gasteiger partial charge in [0.15, 0.2) is 5.82 Å². The average molecular weight is 414 g/mol. The topological polar surface area (TPSA) is 42.1 Å². The van der Waals surface area contributed by atoms with Crippen LogP contribution in [0.15, 0.2) is 57.9 Å². The van der Waals surface area contributed by atoms with Crippen LogP contribution in [0.3, 0.4) is 0 Å². The highest BCUT2D eigenvalue weighted by atomic mass is 32.1. The molecule has 2 heterocycles. The van der Waals surface area contributed by atoms with E-state index in [1.54, 1.807) is 10.9 Å². The summed E-state index contributed by atoms with van der Waals surface area (Å²) in [6.45, 7) is 5.18. The van der Waals surface area contributed by atoms with Crippen molar-refractivity contribution in [2.75, 3.05) is 31.2 Å².